The van der Waals surface area contributed by atoms with Crippen molar-refractivity contribution in [2.75, 3.05) is 19.8 Å². The molecule has 0 saturated carbocycles. The van der Waals surface area contributed by atoms with Gasteiger partial charge in [-0.05, 0) is 12.8 Å². The van der Waals surface area contributed by atoms with Crippen molar-refractivity contribution in [3.63, 3.8) is 0 Å². The minimum Gasteiger partial charge on any atom is -0.481 e. The van der Waals surface area contributed by atoms with Crippen LogP contribution in [0.25, 0.3) is 0 Å². The first-order valence-electron chi connectivity index (χ1n) is 5.19. The summed E-state index contributed by atoms with van der Waals surface area (Å²) in [4.78, 5) is 22.1. The van der Waals surface area contributed by atoms with E-state index in [1.54, 1.807) is 6.92 Å². The highest BCUT2D eigenvalue weighted by atomic mass is 16.5. The molecular weight excluding hydrogens is 198 g/mol. The number of amides is 1. The lowest BCUT2D eigenvalue weighted by atomic mass is 9.99. The van der Waals surface area contributed by atoms with Crippen molar-refractivity contribution < 1.29 is 19.4 Å². The number of rotatable bonds is 4. The van der Waals surface area contributed by atoms with Gasteiger partial charge in [0.2, 0.25) is 5.91 Å². The highest BCUT2D eigenvalue weighted by Gasteiger charge is 2.22. The molecule has 1 unspecified atom stereocenters. The summed E-state index contributed by atoms with van der Waals surface area (Å²) < 4.78 is 5.14. The van der Waals surface area contributed by atoms with Crippen molar-refractivity contribution in [3.8, 4) is 0 Å². The largest absolute Gasteiger partial charge is 0.481 e. The van der Waals surface area contributed by atoms with Gasteiger partial charge in [0.25, 0.3) is 0 Å². The van der Waals surface area contributed by atoms with E-state index in [1.165, 1.54) is 0 Å². The number of carbonyl (C=O) groups excluding carboxylic acids is 1. The van der Waals surface area contributed by atoms with E-state index in [4.69, 9.17) is 9.84 Å². The quantitative estimate of drug-likeness (QED) is 0.705. The zero-order valence-corrected chi connectivity index (χ0v) is 8.86. The first-order chi connectivity index (χ1) is 7.11. The first-order valence-corrected chi connectivity index (χ1v) is 5.19. The fraction of sp³-hybridized carbons (Fsp3) is 0.800. The lowest BCUT2D eigenvalue weighted by Gasteiger charge is -2.21. The molecule has 5 heteroatoms. The molecule has 0 aromatic rings. The summed E-state index contributed by atoms with van der Waals surface area (Å²) in [5.74, 6) is -1.48. The molecule has 15 heavy (non-hydrogen) atoms. The number of ether oxygens (including phenoxy) is 1. The summed E-state index contributed by atoms with van der Waals surface area (Å²) in [7, 11) is 0. The van der Waals surface area contributed by atoms with Crippen molar-refractivity contribution in [2.45, 2.75) is 19.8 Å². The second kappa shape index (κ2) is 5.70. The molecule has 1 aliphatic rings. The Hall–Kier alpha value is -1.10. The summed E-state index contributed by atoms with van der Waals surface area (Å²) in [5, 5.41) is 11.3. The zero-order valence-electron chi connectivity index (χ0n) is 8.86. The standard InChI is InChI=1S/C10H17NO4/c1-7(10(13)14)6-11-9(12)8-2-4-15-5-3-8/h7-8H,2-6H2,1H3,(H,11,12)(H,13,14). The molecule has 1 fully saturated rings. The van der Waals surface area contributed by atoms with Gasteiger partial charge in [0.1, 0.15) is 0 Å². The number of carboxylic acids is 1. The topological polar surface area (TPSA) is 75.6 Å². The fourth-order valence-corrected chi connectivity index (χ4v) is 1.45. The molecule has 1 atom stereocenters. The van der Waals surface area contributed by atoms with Crippen molar-refractivity contribution in [3.05, 3.63) is 0 Å². The molecule has 1 aliphatic heterocycles. The van der Waals surface area contributed by atoms with Gasteiger partial charge in [0.15, 0.2) is 0 Å². The van der Waals surface area contributed by atoms with Crippen LogP contribution in [0.3, 0.4) is 0 Å². The van der Waals surface area contributed by atoms with Gasteiger partial charge in [0.05, 0.1) is 5.92 Å². The molecule has 0 aromatic carbocycles. The number of nitrogens with one attached hydrogen (secondary N) is 1. The van der Waals surface area contributed by atoms with Crippen molar-refractivity contribution in [1.29, 1.82) is 0 Å². The summed E-state index contributed by atoms with van der Waals surface area (Å²) in [6, 6.07) is 0. The molecule has 0 bridgehead atoms. The second-order valence-electron chi connectivity index (χ2n) is 3.87. The molecule has 1 heterocycles. The molecule has 2 N–H and O–H groups in total. The van der Waals surface area contributed by atoms with Crippen LogP contribution in [0, 0.1) is 11.8 Å². The van der Waals surface area contributed by atoms with Crippen LogP contribution in [0.5, 0.6) is 0 Å². The smallest absolute Gasteiger partial charge is 0.308 e. The van der Waals surface area contributed by atoms with Gasteiger partial charge in [-0.2, -0.15) is 0 Å². The average molecular weight is 215 g/mol. The molecule has 1 amide bonds. The molecule has 0 aromatic heterocycles. The van der Waals surface area contributed by atoms with Crippen molar-refractivity contribution in [1.82, 2.24) is 5.32 Å². The van der Waals surface area contributed by atoms with Gasteiger partial charge in [-0.15, -0.1) is 0 Å². The Kier molecular flexibility index (Phi) is 4.55. The maximum atomic E-state index is 11.6. The molecule has 0 radical (unpaired) electrons. The number of hydrogen-bond acceptors (Lipinski definition) is 3. The van der Waals surface area contributed by atoms with E-state index in [-0.39, 0.29) is 18.4 Å². The predicted molar refractivity (Wildman–Crippen MR) is 53.4 cm³/mol. The summed E-state index contributed by atoms with van der Waals surface area (Å²) in [6.45, 7) is 3.01. The SMILES string of the molecule is CC(CNC(=O)C1CCOCC1)C(=O)O. The lowest BCUT2D eigenvalue weighted by Crippen LogP contribution is -2.37. The number of hydrogen-bond donors (Lipinski definition) is 2. The van der Waals surface area contributed by atoms with E-state index >= 15 is 0 Å². The van der Waals surface area contributed by atoms with E-state index in [1.807, 2.05) is 0 Å². The summed E-state index contributed by atoms with van der Waals surface area (Å²) in [5.41, 5.74) is 0. The first kappa shape index (κ1) is 12.0. The third-order valence-electron chi connectivity index (χ3n) is 2.60. The highest BCUT2D eigenvalue weighted by molar-refractivity contribution is 5.79. The maximum absolute atomic E-state index is 11.6. The molecule has 1 saturated heterocycles. The average Bonchev–Trinajstić information content (AvgIpc) is 2.26. The molecule has 1 rings (SSSR count). The summed E-state index contributed by atoms with van der Waals surface area (Å²) in [6.07, 6.45) is 1.46. The number of carbonyl (C=O) groups is 2. The predicted octanol–water partition coefficient (Wildman–Crippen LogP) is 0.250. The van der Waals surface area contributed by atoms with Crippen molar-refractivity contribution in [2.24, 2.45) is 11.8 Å². The van der Waals surface area contributed by atoms with Crippen LogP contribution >= 0.6 is 0 Å². The Labute approximate surface area is 88.8 Å². The zero-order chi connectivity index (χ0) is 11.3. The third kappa shape index (κ3) is 3.87. The Bertz CT molecular complexity index is 236. The minimum absolute atomic E-state index is 0.0141. The van der Waals surface area contributed by atoms with E-state index < -0.39 is 11.9 Å². The van der Waals surface area contributed by atoms with E-state index in [0.29, 0.717) is 13.2 Å². The Morgan fingerprint density at radius 3 is 2.60 bits per heavy atom. The molecule has 86 valence electrons. The molecular formula is C10H17NO4. The van der Waals surface area contributed by atoms with Crippen LogP contribution < -0.4 is 5.32 Å². The van der Waals surface area contributed by atoms with E-state index in [2.05, 4.69) is 5.32 Å². The Morgan fingerprint density at radius 1 is 1.47 bits per heavy atom. The van der Waals surface area contributed by atoms with Crippen molar-refractivity contribution >= 4 is 11.9 Å². The van der Waals surface area contributed by atoms with Gasteiger partial charge in [-0.25, -0.2) is 0 Å². The molecule has 5 nitrogen and oxygen atoms in total. The Morgan fingerprint density at radius 2 is 2.07 bits per heavy atom. The second-order valence-corrected chi connectivity index (χ2v) is 3.87. The normalized spacial score (nSPS) is 19.5. The fourth-order valence-electron chi connectivity index (χ4n) is 1.45. The summed E-state index contributed by atoms with van der Waals surface area (Å²) >= 11 is 0. The van der Waals surface area contributed by atoms with Crippen LogP contribution in [0.15, 0.2) is 0 Å². The van der Waals surface area contributed by atoms with Gasteiger partial charge in [-0.1, -0.05) is 6.92 Å². The van der Waals surface area contributed by atoms with Crippen LogP contribution in [0.4, 0.5) is 0 Å². The van der Waals surface area contributed by atoms with Gasteiger partial charge < -0.3 is 15.2 Å². The number of carboxylic acid groups (broad SMARTS) is 1. The van der Waals surface area contributed by atoms with E-state index in [0.717, 1.165) is 12.8 Å². The lowest BCUT2D eigenvalue weighted by molar-refractivity contribution is -0.141. The van der Waals surface area contributed by atoms with Gasteiger partial charge in [0, 0.05) is 25.7 Å². The molecule has 0 spiro atoms. The minimum atomic E-state index is -0.887. The maximum Gasteiger partial charge on any atom is 0.308 e. The van der Waals surface area contributed by atoms with Gasteiger partial charge >= 0.3 is 5.97 Å². The highest BCUT2D eigenvalue weighted by Crippen LogP contribution is 2.14. The Balaban J connectivity index is 2.25. The third-order valence-corrected chi connectivity index (χ3v) is 2.60. The van der Waals surface area contributed by atoms with Crippen LogP contribution in [-0.4, -0.2) is 36.7 Å². The van der Waals surface area contributed by atoms with Gasteiger partial charge in [-0.3, -0.25) is 9.59 Å². The molecule has 0 aliphatic carbocycles. The number of aliphatic carboxylic acids is 1. The van der Waals surface area contributed by atoms with Crippen LogP contribution in [0.1, 0.15) is 19.8 Å². The van der Waals surface area contributed by atoms with E-state index in [9.17, 15) is 9.59 Å². The monoisotopic (exact) mass is 215 g/mol. The van der Waals surface area contributed by atoms with Crippen LogP contribution in [0.2, 0.25) is 0 Å². The van der Waals surface area contributed by atoms with Crippen LogP contribution in [-0.2, 0) is 14.3 Å².